The first-order chi connectivity index (χ1) is 18.0. The van der Waals surface area contributed by atoms with E-state index < -0.39 is 22.7 Å². The molecule has 2 aliphatic carbocycles. The van der Waals surface area contributed by atoms with E-state index in [9.17, 15) is 14.4 Å². The molecule has 1 heterocycles. The van der Waals surface area contributed by atoms with Crippen molar-refractivity contribution >= 4 is 34.4 Å². The molecule has 1 saturated carbocycles. The molecule has 6 rings (SSSR count). The summed E-state index contributed by atoms with van der Waals surface area (Å²) in [6.45, 7) is 3.95. The standard InChI is InChI=1S/C32H29NO4/c1-4-31-24(20-13-8-6-9-14-20)25(21-15-10-7-11-16-21)32(5-2,30(31)36)27-26(31)28(34)33(29(27)35)22-17-12-18-23(19-22)37-3/h6-19,26-27H,4-5H2,1-3H3/t26-,27+,31-,32+. The molecule has 2 fully saturated rings. The fourth-order valence-corrected chi connectivity index (χ4v) is 7.46. The first kappa shape index (κ1) is 23.4. The van der Waals surface area contributed by atoms with Gasteiger partial charge in [-0.2, -0.15) is 0 Å². The number of anilines is 1. The van der Waals surface area contributed by atoms with Crippen LogP contribution in [-0.4, -0.2) is 24.7 Å². The van der Waals surface area contributed by atoms with Gasteiger partial charge in [-0.1, -0.05) is 80.6 Å². The zero-order valence-corrected chi connectivity index (χ0v) is 21.2. The van der Waals surface area contributed by atoms with Crippen LogP contribution in [0.25, 0.3) is 11.1 Å². The molecule has 2 amide bonds. The summed E-state index contributed by atoms with van der Waals surface area (Å²) in [7, 11) is 1.56. The molecule has 3 aliphatic rings. The second-order valence-electron chi connectivity index (χ2n) is 10.1. The number of ether oxygens (including phenoxy) is 1. The van der Waals surface area contributed by atoms with E-state index in [0.29, 0.717) is 24.3 Å². The highest BCUT2D eigenvalue weighted by Crippen LogP contribution is 2.75. The van der Waals surface area contributed by atoms with Gasteiger partial charge in [-0.3, -0.25) is 14.4 Å². The molecule has 0 spiro atoms. The summed E-state index contributed by atoms with van der Waals surface area (Å²) in [6.07, 6.45) is 0.889. The van der Waals surface area contributed by atoms with Gasteiger partial charge in [0.05, 0.1) is 35.5 Å². The Hall–Kier alpha value is -3.99. The number of Topliss-reactive ketones (excluding diaryl/α,β-unsaturated/α-hetero) is 1. The number of hydrogen-bond acceptors (Lipinski definition) is 4. The quantitative estimate of drug-likeness (QED) is 0.409. The molecule has 5 heteroatoms. The molecule has 0 aromatic heterocycles. The smallest absolute Gasteiger partial charge is 0.239 e. The minimum atomic E-state index is -1.08. The van der Waals surface area contributed by atoms with Gasteiger partial charge in [0.25, 0.3) is 0 Å². The minimum absolute atomic E-state index is 0.0182. The lowest BCUT2D eigenvalue weighted by Crippen LogP contribution is -2.41. The third-order valence-electron chi connectivity index (χ3n) is 8.87. The number of methoxy groups -OCH3 is 1. The van der Waals surface area contributed by atoms with E-state index in [2.05, 4.69) is 0 Å². The van der Waals surface area contributed by atoms with Crippen molar-refractivity contribution in [1.82, 2.24) is 0 Å². The van der Waals surface area contributed by atoms with Gasteiger partial charge in [0.1, 0.15) is 5.75 Å². The van der Waals surface area contributed by atoms with Gasteiger partial charge in [-0.15, -0.1) is 0 Å². The summed E-state index contributed by atoms with van der Waals surface area (Å²) >= 11 is 0. The maximum absolute atomic E-state index is 14.7. The molecule has 0 unspecified atom stereocenters. The van der Waals surface area contributed by atoms with Crippen molar-refractivity contribution < 1.29 is 19.1 Å². The Morgan fingerprint density at radius 2 is 1.19 bits per heavy atom. The predicted octanol–water partition coefficient (Wildman–Crippen LogP) is 5.80. The largest absolute Gasteiger partial charge is 0.497 e. The summed E-state index contributed by atoms with van der Waals surface area (Å²) in [6, 6.07) is 26.8. The number of benzene rings is 3. The van der Waals surface area contributed by atoms with E-state index in [1.807, 2.05) is 74.5 Å². The van der Waals surface area contributed by atoms with Crippen LogP contribution in [0.1, 0.15) is 37.8 Å². The lowest BCUT2D eigenvalue weighted by atomic mass is 9.60. The summed E-state index contributed by atoms with van der Waals surface area (Å²) in [4.78, 5) is 44.5. The van der Waals surface area contributed by atoms with Crippen LogP contribution in [-0.2, 0) is 14.4 Å². The predicted molar refractivity (Wildman–Crippen MR) is 143 cm³/mol. The van der Waals surface area contributed by atoms with Crippen LogP contribution in [0.15, 0.2) is 84.9 Å². The maximum atomic E-state index is 14.7. The third kappa shape index (κ3) is 2.77. The van der Waals surface area contributed by atoms with Crippen molar-refractivity contribution in [3.8, 4) is 5.75 Å². The number of ketones is 1. The number of nitrogens with zero attached hydrogens (tertiary/aromatic N) is 1. The monoisotopic (exact) mass is 491 g/mol. The minimum Gasteiger partial charge on any atom is -0.497 e. The fourth-order valence-electron chi connectivity index (χ4n) is 7.46. The maximum Gasteiger partial charge on any atom is 0.239 e. The molecular formula is C32H29NO4. The first-order valence-corrected chi connectivity index (χ1v) is 12.9. The highest BCUT2D eigenvalue weighted by atomic mass is 16.5. The Morgan fingerprint density at radius 1 is 0.703 bits per heavy atom. The molecule has 1 aliphatic heterocycles. The van der Waals surface area contributed by atoms with Crippen molar-refractivity contribution in [2.75, 3.05) is 12.0 Å². The Balaban J connectivity index is 1.66. The van der Waals surface area contributed by atoms with E-state index in [4.69, 9.17) is 4.74 Å². The topological polar surface area (TPSA) is 63.7 Å². The van der Waals surface area contributed by atoms with Crippen LogP contribution >= 0.6 is 0 Å². The second kappa shape index (κ2) is 8.27. The lowest BCUT2D eigenvalue weighted by Gasteiger charge is -2.38. The zero-order valence-electron chi connectivity index (χ0n) is 21.2. The first-order valence-electron chi connectivity index (χ1n) is 12.9. The van der Waals surface area contributed by atoms with E-state index >= 15 is 0 Å². The molecule has 2 bridgehead atoms. The molecule has 3 aromatic carbocycles. The molecule has 5 nitrogen and oxygen atoms in total. The number of carbonyl (C=O) groups is 3. The van der Waals surface area contributed by atoms with Crippen molar-refractivity contribution in [2.24, 2.45) is 22.7 Å². The molecular weight excluding hydrogens is 462 g/mol. The van der Waals surface area contributed by atoms with E-state index in [-0.39, 0.29) is 17.6 Å². The van der Waals surface area contributed by atoms with Crippen LogP contribution in [0.3, 0.4) is 0 Å². The van der Waals surface area contributed by atoms with Gasteiger partial charge in [0.2, 0.25) is 11.8 Å². The average molecular weight is 492 g/mol. The summed E-state index contributed by atoms with van der Waals surface area (Å²) in [5.74, 6) is -1.50. The van der Waals surface area contributed by atoms with Crippen LogP contribution in [0.2, 0.25) is 0 Å². The Kier molecular flexibility index (Phi) is 5.23. The molecule has 0 radical (unpaired) electrons. The average Bonchev–Trinajstić information content (AvgIpc) is 3.45. The van der Waals surface area contributed by atoms with Crippen LogP contribution < -0.4 is 9.64 Å². The number of allylic oxidation sites excluding steroid dienone is 2. The highest BCUT2D eigenvalue weighted by Gasteiger charge is 2.80. The summed E-state index contributed by atoms with van der Waals surface area (Å²) in [5.41, 5.74) is 2.01. The normalized spacial score (nSPS) is 28.3. The highest BCUT2D eigenvalue weighted by molar-refractivity contribution is 6.34. The number of rotatable bonds is 6. The van der Waals surface area contributed by atoms with Crippen molar-refractivity contribution in [3.63, 3.8) is 0 Å². The van der Waals surface area contributed by atoms with E-state index in [1.54, 1.807) is 31.4 Å². The SMILES string of the molecule is CC[C@]12C(=O)[C@](CC)(C(c3ccccc3)=C1c1ccccc1)[C@H]1C(=O)N(c3cccc(OC)c3)C(=O)[C@H]12. The molecule has 4 atom stereocenters. The number of imide groups is 1. The Labute approximate surface area is 216 Å². The van der Waals surface area contributed by atoms with Crippen LogP contribution in [0.4, 0.5) is 5.69 Å². The Bertz CT molecular complexity index is 1370. The molecule has 3 aromatic rings. The Morgan fingerprint density at radius 3 is 1.62 bits per heavy atom. The number of fused-ring (bicyclic) bond motifs is 5. The van der Waals surface area contributed by atoms with Gasteiger partial charge >= 0.3 is 0 Å². The van der Waals surface area contributed by atoms with Gasteiger partial charge in [-0.05, 0) is 47.2 Å². The van der Waals surface area contributed by atoms with Gasteiger partial charge in [-0.25, -0.2) is 4.90 Å². The van der Waals surface area contributed by atoms with E-state index in [1.165, 1.54) is 4.90 Å². The van der Waals surface area contributed by atoms with Crippen molar-refractivity contribution in [1.29, 1.82) is 0 Å². The molecule has 37 heavy (non-hydrogen) atoms. The van der Waals surface area contributed by atoms with Gasteiger partial charge in [0, 0.05) is 6.07 Å². The second-order valence-corrected chi connectivity index (χ2v) is 10.1. The molecule has 0 N–H and O–H groups in total. The van der Waals surface area contributed by atoms with Gasteiger partial charge < -0.3 is 4.74 Å². The van der Waals surface area contributed by atoms with Crippen LogP contribution in [0, 0.1) is 22.7 Å². The molecule has 1 saturated heterocycles. The van der Waals surface area contributed by atoms with Crippen LogP contribution in [0.5, 0.6) is 5.75 Å². The fraction of sp³-hybridized carbons (Fsp3) is 0.281. The van der Waals surface area contributed by atoms with Gasteiger partial charge in [0.15, 0.2) is 5.78 Å². The number of amides is 2. The third-order valence-corrected chi connectivity index (χ3v) is 8.87. The van der Waals surface area contributed by atoms with E-state index in [0.717, 1.165) is 22.3 Å². The van der Waals surface area contributed by atoms with Crippen molar-refractivity contribution in [3.05, 3.63) is 96.1 Å². The number of hydrogen-bond donors (Lipinski definition) is 0. The zero-order chi connectivity index (χ0) is 25.9. The molecule has 186 valence electrons. The number of carbonyl (C=O) groups excluding carboxylic acids is 3. The summed E-state index contributed by atoms with van der Waals surface area (Å²) < 4.78 is 5.37. The van der Waals surface area contributed by atoms with Crippen molar-refractivity contribution in [2.45, 2.75) is 26.7 Å². The lowest BCUT2D eigenvalue weighted by molar-refractivity contribution is -0.134. The summed E-state index contributed by atoms with van der Waals surface area (Å²) in [5, 5.41) is 0.